The number of hydrogen-bond acceptors (Lipinski definition) is 3. The summed E-state index contributed by atoms with van der Waals surface area (Å²) < 4.78 is 0. The van der Waals surface area contributed by atoms with Gasteiger partial charge in [0, 0.05) is 6.04 Å². The fraction of sp³-hybridized carbons (Fsp3) is 0.455. The number of amides is 1. The Morgan fingerprint density at radius 1 is 1.62 bits per heavy atom. The number of anilines is 1. The van der Waals surface area contributed by atoms with Gasteiger partial charge >= 0.3 is 0 Å². The molecule has 16 heavy (non-hydrogen) atoms. The standard InChI is InChI=1S/C11H14ClN3O/c1-6(7-2-3-7)14-11(16)10-8(12)4-5-9(13)15-10/h4-7H,2-3H2,1H3,(H2,13,15)(H,14,16). The number of nitrogens with zero attached hydrogens (tertiary/aromatic N) is 1. The first-order valence-electron chi connectivity index (χ1n) is 5.31. The van der Waals surface area contributed by atoms with Crippen molar-refractivity contribution in [2.24, 2.45) is 5.92 Å². The van der Waals surface area contributed by atoms with Crippen LogP contribution in [0.4, 0.5) is 5.82 Å². The Morgan fingerprint density at radius 2 is 2.31 bits per heavy atom. The molecule has 0 aliphatic heterocycles. The lowest BCUT2D eigenvalue weighted by Gasteiger charge is -2.12. The highest BCUT2D eigenvalue weighted by Gasteiger charge is 2.29. The molecule has 1 aliphatic rings. The highest BCUT2D eigenvalue weighted by atomic mass is 35.5. The number of halogens is 1. The predicted molar refractivity (Wildman–Crippen MR) is 63.3 cm³/mol. The number of pyridine rings is 1. The van der Waals surface area contributed by atoms with Gasteiger partial charge in [0.1, 0.15) is 11.5 Å². The van der Waals surface area contributed by atoms with Crippen molar-refractivity contribution in [1.82, 2.24) is 10.3 Å². The maximum absolute atomic E-state index is 11.8. The van der Waals surface area contributed by atoms with Crippen LogP contribution in [0.5, 0.6) is 0 Å². The summed E-state index contributed by atoms with van der Waals surface area (Å²) in [6.07, 6.45) is 2.36. The highest BCUT2D eigenvalue weighted by molar-refractivity contribution is 6.33. The highest BCUT2D eigenvalue weighted by Crippen LogP contribution is 2.32. The quantitative estimate of drug-likeness (QED) is 0.846. The van der Waals surface area contributed by atoms with Gasteiger partial charge in [-0.15, -0.1) is 0 Å². The molecular formula is C11H14ClN3O. The average Bonchev–Trinajstić information content (AvgIpc) is 3.04. The molecule has 1 amide bonds. The summed E-state index contributed by atoms with van der Waals surface area (Å²) in [6.45, 7) is 2.00. The minimum atomic E-state index is -0.253. The summed E-state index contributed by atoms with van der Waals surface area (Å²) in [5.74, 6) is 0.647. The van der Waals surface area contributed by atoms with Crippen molar-refractivity contribution >= 4 is 23.3 Å². The molecule has 0 spiro atoms. The molecule has 2 rings (SSSR count). The van der Waals surface area contributed by atoms with Crippen LogP contribution in [-0.2, 0) is 0 Å². The van der Waals surface area contributed by atoms with Crippen molar-refractivity contribution in [2.75, 3.05) is 5.73 Å². The molecule has 0 aromatic carbocycles. The lowest BCUT2D eigenvalue weighted by molar-refractivity contribution is 0.0931. The zero-order valence-electron chi connectivity index (χ0n) is 9.03. The molecule has 0 saturated heterocycles. The summed E-state index contributed by atoms with van der Waals surface area (Å²) in [4.78, 5) is 15.8. The van der Waals surface area contributed by atoms with E-state index in [-0.39, 0.29) is 17.6 Å². The molecule has 86 valence electrons. The Balaban J connectivity index is 2.10. The van der Waals surface area contributed by atoms with E-state index < -0.39 is 0 Å². The van der Waals surface area contributed by atoms with Gasteiger partial charge in [-0.2, -0.15) is 0 Å². The monoisotopic (exact) mass is 239 g/mol. The first kappa shape index (κ1) is 11.2. The van der Waals surface area contributed by atoms with E-state index >= 15 is 0 Å². The Labute approximate surface area is 99.2 Å². The van der Waals surface area contributed by atoms with Gasteiger partial charge in [-0.05, 0) is 37.8 Å². The van der Waals surface area contributed by atoms with Gasteiger partial charge in [0.15, 0.2) is 0 Å². The molecule has 1 heterocycles. The van der Waals surface area contributed by atoms with Crippen LogP contribution < -0.4 is 11.1 Å². The number of carbonyl (C=O) groups is 1. The molecule has 0 radical (unpaired) electrons. The molecule has 1 aliphatic carbocycles. The van der Waals surface area contributed by atoms with Crippen molar-refractivity contribution < 1.29 is 4.79 Å². The summed E-state index contributed by atoms with van der Waals surface area (Å²) in [6, 6.07) is 3.33. The van der Waals surface area contributed by atoms with Gasteiger partial charge in [-0.3, -0.25) is 4.79 Å². The smallest absolute Gasteiger partial charge is 0.271 e. The second kappa shape index (κ2) is 4.29. The molecule has 1 fully saturated rings. The minimum absolute atomic E-state index is 0.173. The lowest BCUT2D eigenvalue weighted by atomic mass is 10.2. The van der Waals surface area contributed by atoms with Crippen molar-refractivity contribution in [2.45, 2.75) is 25.8 Å². The molecular weight excluding hydrogens is 226 g/mol. The summed E-state index contributed by atoms with van der Waals surface area (Å²) in [5.41, 5.74) is 5.72. The topological polar surface area (TPSA) is 68.0 Å². The number of aromatic nitrogens is 1. The van der Waals surface area contributed by atoms with E-state index in [4.69, 9.17) is 17.3 Å². The Morgan fingerprint density at radius 3 is 2.94 bits per heavy atom. The van der Waals surface area contributed by atoms with E-state index in [0.717, 1.165) is 0 Å². The first-order valence-corrected chi connectivity index (χ1v) is 5.68. The van der Waals surface area contributed by atoms with Gasteiger partial charge in [0.25, 0.3) is 5.91 Å². The molecule has 1 aromatic rings. The summed E-state index contributed by atoms with van der Waals surface area (Å²) in [7, 11) is 0. The third kappa shape index (κ3) is 2.44. The van der Waals surface area contributed by atoms with Gasteiger partial charge in [0.2, 0.25) is 0 Å². The van der Waals surface area contributed by atoms with E-state index in [0.29, 0.717) is 16.8 Å². The molecule has 5 heteroatoms. The number of nitrogens with one attached hydrogen (secondary N) is 1. The normalized spacial score (nSPS) is 16.9. The maximum Gasteiger partial charge on any atom is 0.271 e. The van der Waals surface area contributed by atoms with Crippen LogP contribution in [-0.4, -0.2) is 16.9 Å². The van der Waals surface area contributed by atoms with Gasteiger partial charge in [0.05, 0.1) is 5.02 Å². The van der Waals surface area contributed by atoms with Crippen LogP contribution in [0.15, 0.2) is 12.1 Å². The van der Waals surface area contributed by atoms with Crippen LogP contribution in [0, 0.1) is 5.92 Å². The SMILES string of the molecule is CC(NC(=O)c1nc(N)ccc1Cl)C1CC1. The third-order valence-corrected chi connectivity index (χ3v) is 3.08. The van der Waals surface area contributed by atoms with Crippen molar-refractivity contribution in [1.29, 1.82) is 0 Å². The van der Waals surface area contributed by atoms with Gasteiger partial charge in [-0.1, -0.05) is 11.6 Å². The van der Waals surface area contributed by atoms with Crippen LogP contribution in [0.3, 0.4) is 0 Å². The lowest BCUT2D eigenvalue weighted by Crippen LogP contribution is -2.34. The maximum atomic E-state index is 11.8. The fourth-order valence-electron chi connectivity index (χ4n) is 1.61. The van der Waals surface area contributed by atoms with Crippen molar-refractivity contribution in [3.63, 3.8) is 0 Å². The molecule has 1 unspecified atom stereocenters. The van der Waals surface area contributed by atoms with E-state index in [1.165, 1.54) is 12.8 Å². The number of nitrogens with two attached hydrogens (primary N) is 1. The fourth-order valence-corrected chi connectivity index (χ4v) is 1.80. The second-order valence-corrected chi connectivity index (χ2v) is 4.57. The second-order valence-electron chi connectivity index (χ2n) is 4.17. The Hall–Kier alpha value is -1.29. The third-order valence-electron chi connectivity index (χ3n) is 2.77. The van der Waals surface area contributed by atoms with Crippen molar-refractivity contribution in [3.05, 3.63) is 22.8 Å². The molecule has 4 nitrogen and oxygen atoms in total. The first-order chi connectivity index (χ1) is 7.58. The number of carbonyl (C=O) groups excluding carboxylic acids is 1. The minimum Gasteiger partial charge on any atom is -0.384 e. The largest absolute Gasteiger partial charge is 0.384 e. The Kier molecular flexibility index (Phi) is 3.01. The molecule has 3 N–H and O–H groups in total. The molecule has 1 aromatic heterocycles. The average molecular weight is 240 g/mol. The predicted octanol–water partition coefficient (Wildman–Crippen LogP) is 1.85. The van der Waals surface area contributed by atoms with Crippen LogP contribution in [0.2, 0.25) is 5.02 Å². The molecule has 1 saturated carbocycles. The van der Waals surface area contributed by atoms with Gasteiger partial charge < -0.3 is 11.1 Å². The number of rotatable bonds is 3. The van der Waals surface area contributed by atoms with Crippen LogP contribution in [0.25, 0.3) is 0 Å². The summed E-state index contributed by atoms with van der Waals surface area (Å²) >= 11 is 5.89. The zero-order valence-corrected chi connectivity index (χ0v) is 9.79. The van der Waals surface area contributed by atoms with Gasteiger partial charge in [-0.25, -0.2) is 4.98 Å². The van der Waals surface area contributed by atoms with Crippen molar-refractivity contribution in [3.8, 4) is 0 Å². The van der Waals surface area contributed by atoms with Crippen LogP contribution in [0.1, 0.15) is 30.3 Å². The van der Waals surface area contributed by atoms with E-state index in [1.54, 1.807) is 12.1 Å². The molecule has 1 atom stereocenters. The van der Waals surface area contributed by atoms with E-state index in [1.807, 2.05) is 6.92 Å². The van der Waals surface area contributed by atoms with E-state index in [2.05, 4.69) is 10.3 Å². The van der Waals surface area contributed by atoms with E-state index in [9.17, 15) is 4.79 Å². The summed E-state index contributed by atoms with van der Waals surface area (Å²) in [5, 5.41) is 3.21. The number of hydrogen-bond donors (Lipinski definition) is 2. The van der Waals surface area contributed by atoms with Crippen LogP contribution >= 0.6 is 11.6 Å². The molecule has 0 bridgehead atoms. The Bertz CT molecular complexity index is 418. The number of nitrogen functional groups attached to an aromatic ring is 1. The zero-order chi connectivity index (χ0) is 11.7.